The van der Waals surface area contributed by atoms with Gasteiger partial charge in [-0.05, 0) is 63.1 Å². The third kappa shape index (κ3) is 2.38. The summed E-state index contributed by atoms with van der Waals surface area (Å²) < 4.78 is 3.43. The van der Waals surface area contributed by atoms with Crippen LogP contribution in [0, 0.1) is 20.8 Å². The van der Waals surface area contributed by atoms with Crippen LogP contribution >= 0.6 is 15.9 Å². The minimum absolute atomic E-state index is 0.696. The second kappa shape index (κ2) is 5.29. The first-order valence-corrected chi connectivity index (χ1v) is 6.98. The van der Waals surface area contributed by atoms with Crippen molar-refractivity contribution in [2.75, 3.05) is 6.54 Å². The first kappa shape index (κ1) is 13.4. The van der Waals surface area contributed by atoms with Crippen LogP contribution in [0.1, 0.15) is 22.5 Å². The van der Waals surface area contributed by atoms with Crippen LogP contribution in [0.5, 0.6) is 0 Å². The van der Waals surface area contributed by atoms with Gasteiger partial charge in [0.15, 0.2) is 0 Å². The zero-order chi connectivity index (χ0) is 13.3. The number of aromatic nitrogens is 1. The first-order valence-electron chi connectivity index (χ1n) is 6.19. The summed E-state index contributed by atoms with van der Waals surface area (Å²) in [5.74, 6) is 0. The number of nitrogens with two attached hydrogens (primary N) is 1. The Bertz CT molecular complexity index is 570. The van der Waals surface area contributed by atoms with Gasteiger partial charge < -0.3 is 10.3 Å². The van der Waals surface area contributed by atoms with Gasteiger partial charge in [-0.3, -0.25) is 0 Å². The van der Waals surface area contributed by atoms with E-state index in [0.717, 1.165) is 10.9 Å². The Labute approximate surface area is 117 Å². The second-order valence-electron chi connectivity index (χ2n) is 4.70. The van der Waals surface area contributed by atoms with E-state index in [0.29, 0.717) is 6.54 Å². The first-order chi connectivity index (χ1) is 8.54. The zero-order valence-electron chi connectivity index (χ0n) is 11.1. The van der Waals surface area contributed by atoms with Crippen LogP contribution in [0.3, 0.4) is 0 Å². The van der Waals surface area contributed by atoms with Crippen molar-refractivity contribution in [3.63, 3.8) is 0 Å². The summed E-state index contributed by atoms with van der Waals surface area (Å²) in [7, 11) is 0. The van der Waals surface area contributed by atoms with Crippen molar-refractivity contribution in [2.45, 2.75) is 27.2 Å². The SMILES string of the molecule is Cc1ccc(-n2c(C)cc(CCN)c2C)cc1Br. The predicted molar refractivity (Wildman–Crippen MR) is 80.4 cm³/mol. The molecule has 2 nitrogen and oxygen atoms in total. The molecule has 18 heavy (non-hydrogen) atoms. The molecule has 0 radical (unpaired) electrons. The predicted octanol–water partition coefficient (Wildman–Crippen LogP) is 3.67. The third-order valence-electron chi connectivity index (χ3n) is 3.36. The maximum Gasteiger partial charge on any atom is 0.0466 e. The van der Waals surface area contributed by atoms with Crippen LogP contribution in [0.25, 0.3) is 5.69 Å². The average Bonchev–Trinajstić information content (AvgIpc) is 2.59. The maximum absolute atomic E-state index is 5.65. The minimum atomic E-state index is 0.696. The lowest BCUT2D eigenvalue weighted by molar-refractivity contribution is 0.920. The standard InChI is InChI=1S/C15H19BrN2/c1-10-4-5-14(9-15(10)16)18-11(2)8-13(6-7-17)12(18)3/h4-5,8-9H,6-7,17H2,1-3H3. The topological polar surface area (TPSA) is 30.9 Å². The van der Waals surface area contributed by atoms with Crippen LogP contribution in [0.2, 0.25) is 0 Å². The molecule has 0 fully saturated rings. The molecular weight excluding hydrogens is 288 g/mol. The number of hydrogen-bond acceptors (Lipinski definition) is 1. The lowest BCUT2D eigenvalue weighted by Gasteiger charge is -2.11. The Morgan fingerprint density at radius 3 is 2.50 bits per heavy atom. The zero-order valence-corrected chi connectivity index (χ0v) is 12.7. The molecule has 0 bridgehead atoms. The fourth-order valence-electron chi connectivity index (χ4n) is 2.36. The molecule has 1 heterocycles. The van der Waals surface area contributed by atoms with Gasteiger partial charge in [-0.1, -0.05) is 22.0 Å². The van der Waals surface area contributed by atoms with E-state index in [1.165, 1.54) is 28.2 Å². The summed E-state index contributed by atoms with van der Waals surface area (Å²) in [6.07, 6.45) is 0.937. The Balaban J connectivity index is 2.53. The van der Waals surface area contributed by atoms with Crippen LogP contribution in [-0.4, -0.2) is 11.1 Å². The fraction of sp³-hybridized carbons (Fsp3) is 0.333. The molecule has 1 aromatic heterocycles. The molecule has 2 aromatic rings. The van der Waals surface area contributed by atoms with Gasteiger partial charge in [-0.2, -0.15) is 0 Å². The van der Waals surface area contributed by atoms with E-state index in [9.17, 15) is 0 Å². The molecule has 0 spiro atoms. The molecule has 3 heteroatoms. The number of halogens is 1. The highest BCUT2D eigenvalue weighted by Gasteiger charge is 2.10. The van der Waals surface area contributed by atoms with E-state index in [4.69, 9.17) is 5.73 Å². The highest BCUT2D eigenvalue weighted by atomic mass is 79.9. The summed E-state index contributed by atoms with van der Waals surface area (Å²) in [6.45, 7) is 7.09. The molecule has 0 atom stereocenters. The molecule has 0 amide bonds. The number of aryl methyl sites for hydroxylation is 2. The number of rotatable bonds is 3. The minimum Gasteiger partial charge on any atom is -0.330 e. The largest absolute Gasteiger partial charge is 0.330 e. The normalized spacial score (nSPS) is 10.9. The summed E-state index contributed by atoms with van der Waals surface area (Å²) in [4.78, 5) is 0. The van der Waals surface area contributed by atoms with Crippen molar-refractivity contribution in [1.82, 2.24) is 4.57 Å². The molecule has 2 rings (SSSR count). The van der Waals surface area contributed by atoms with E-state index in [1.807, 2.05) is 0 Å². The van der Waals surface area contributed by atoms with Crippen molar-refractivity contribution in [3.05, 3.63) is 51.3 Å². The maximum atomic E-state index is 5.65. The summed E-state index contributed by atoms with van der Waals surface area (Å²) in [5, 5.41) is 0. The van der Waals surface area contributed by atoms with Gasteiger partial charge in [0.05, 0.1) is 0 Å². The van der Waals surface area contributed by atoms with Gasteiger partial charge in [0.2, 0.25) is 0 Å². The van der Waals surface area contributed by atoms with Crippen molar-refractivity contribution < 1.29 is 0 Å². The molecular formula is C15H19BrN2. The Morgan fingerprint density at radius 2 is 1.89 bits per heavy atom. The van der Waals surface area contributed by atoms with Crippen molar-refractivity contribution in [3.8, 4) is 5.69 Å². The molecule has 0 unspecified atom stereocenters. The van der Waals surface area contributed by atoms with Gasteiger partial charge in [-0.25, -0.2) is 0 Å². The quantitative estimate of drug-likeness (QED) is 0.921. The summed E-state index contributed by atoms with van der Waals surface area (Å²) in [5.41, 5.74) is 12.0. The van der Waals surface area contributed by atoms with E-state index in [2.05, 4.69) is 65.5 Å². The van der Waals surface area contributed by atoms with Crippen molar-refractivity contribution in [2.24, 2.45) is 5.73 Å². The molecule has 0 aliphatic heterocycles. The number of hydrogen-bond donors (Lipinski definition) is 1. The van der Waals surface area contributed by atoms with E-state index in [1.54, 1.807) is 0 Å². The lowest BCUT2D eigenvalue weighted by Crippen LogP contribution is -2.04. The number of benzene rings is 1. The van der Waals surface area contributed by atoms with Gasteiger partial charge in [-0.15, -0.1) is 0 Å². The van der Waals surface area contributed by atoms with Gasteiger partial charge in [0.1, 0.15) is 0 Å². The molecule has 1 aromatic carbocycles. The Hall–Kier alpha value is -1.06. The third-order valence-corrected chi connectivity index (χ3v) is 4.22. The Morgan fingerprint density at radius 1 is 1.17 bits per heavy atom. The molecule has 0 aliphatic carbocycles. The average molecular weight is 307 g/mol. The number of nitrogens with zero attached hydrogens (tertiary/aromatic N) is 1. The van der Waals surface area contributed by atoms with Gasteiger partial charge >= 0.3 is 0 Å². The Kier molecular flexibility index (Phi) is 3.93. The van der Waals surface area contributed by atoms with E-state index in [-0.39, 0.29) is 0 Å². The fourth-order valence-corrected chi connectivity index (χ4v) is 2.72. The molecule has 0 saturated carbocycles. The van der Waals surface area contributed by atoms with Crippen LogP contribution < -0.4 is 5.73 Å². The molecule has 0 saturated heterocycles. The van der Waals surface area contributed by atoms with Crippen molar-refractivity contribution in [1.29, 1.82) is 0 Å². The van der Waals surface area contributed by atoms with Crippen LogP contribution in [-0.2, 0) is 6.42 Å². The van der Waals surface area contributed by atoms with Gasteiger partial charge in [0.25, 0.3) is 0 Å². The van der Waals surface area contributed by atoms with Gasteiger partial charge in [0, 0.05) is 21.5 Å². The summed E-state index contributed by atoms with van der Waals surface area (Å²) in [6, 6.07) is 8.70. The van der Waals surface area contributed by atoms with Crippen LogP contribution in [0.4, 0.5) is 0 Å². The smallest absolute Gasteiger partial charge is 0.0466 e. The molecule has 2 N–H and O–H groups in total. The van der Waals surface area contributed by atoms with E-state index < -0.39 is 0 Å². The monoisotopic (exact) mass is 306 g/mol. The van der Waals surface area contributed by atoms with Crippen LogP contribution in [0.15, 0.2) is 28.7 Å². The lowest BCUT2D eigenvalue weighted by atomic mass is 10.2. The summed E-state index contributed by atoms with van der Waals surface area (Å²) >= 11 is 3.60. The highest BCUT2D eigenvalue weighted by molar-refractivity contribution is 9.10. The highest BCUT2D eigenvalue weighted by Crippen LogP contribution is 2.25. The van der Waals surface area contributed by atoms with E-state index >= 15 is 0 Å². The van der Waals surface area contributed by atoms with Crippen molar-refractivity contribution >= 4 is 15.9 Å². The molecule has 0 aliphatic rings. The second-order valence-corrected chi connectivity index (χ2v) is 5.56. The molecule has 96 valence electrons.